The van der Waals surface area contributed by atoms with Gasteiger partial charge in [-0.15, -0.1) is 0 Å². The lowest BCUT2D eigenvalue weighted by atomic mass is 9.76. The third-order valence-corrected chi connectivity index (χ3v) is 13.2. The molecule has 4 aromatic rings. The van der Waals surface area contributed by atoms with Crippen LogP contribution in [0.1, 0.15) is 111 Å². The third-order valence-electron chi connectivity index (χ3n) is 10.1. The Labute approximate surface area is 286 Å². The van der Waals surface area contributed by atoms with Gasteiger partial charge in [0.1, 0.15) is 11.5 Å². The molecule has 1 aliphatic rings. The van der Waals surface area contributed by atoms with Crippen molar-refractivity contribution < 1.29 is 10.2 Å². The van der Waals surface area contributed by atoms with E-state index in [1.54, 1.807) is 0 Å². The van der Waals surface area contributed by atoms with E-state index in [1.807, 2.05) is 35.7 Å². The molecule has 0 spiro atoms. The van der Waals surface area contributed by atoms with Crippen LogP contribution in [-0.2, 0) is 22.3 Å². The first-order valence-electron chi connectivity index (χ1n) is 17.0. The lowest BCUT2D eigenvalue weighted by Crippen LogP contribution is -2.23. The molecule has 0 amide bonds. The van der Waals surface area contributed by atoms with Gasteiger partial charge in [0.05, 0.1) is 0 Å². The fraction of sp³-hybridized carbons (Fsp3) is 0.429. The molecule has 1 fully saturated rings. The Kier molecular flexibility index (Phi) is 11.2. The fourth-order valence-electron chi connectivity index (χ4n) is 7.09. The zero-order chi connectivity index (χ0) is 32.9. The van der Waals surface area contributed by atoms with Crippen LogP contribution in [0.5, 0.6) is 11.5 Å². The van der Waals surface area contributed by atoms with Crippen LogP contribution < -0.4 is 0 Å². The van der Waals surface area contributed by atoms with Crippen molar-refractivity contribution in [1.29, 1.82) is 0 Å². The molecule has 0 radical (unpaired) electrons. The second-order valence-corrected chi connectivity index (χ2v) is 16.8. The number of aromatic hydroxyl groups is 2. The van der Waals surface area contributed by atoms with E-state index in [9.17, 15) is 10.2 Å². The minimum atomic E-state index is -0.293. The van der Waals surface area contributed by atoms with Gasteiger partial charge in [-0.1, -0.05) is 149 Å². The first kappa shape index (κ1) is 34.5. The van der Waals surface area contributed by atoms with Crippen molar-refractivity contribution in [3.63, 3.8) is 0 Å². The van der Waals surface area contributed by atoms with E-state index in [1.165, 1.54) is 60.8 Å². The number of phenolic OH excluding ortho intramolecular Hbond substituents is 2. The number of phenols is 2. The highest BCUT2D eigenvalue weighted by atomic mass is 32.2. The highest BCUT2D eigenvalue weighted by molar-refractivity contribution is 8.03. The molecule has 0 heterocycles. The standard InChI is InChI=1S/C42H52O2S2/c1-29-23-31(39(43)35(25-29)41(3,4)33-17-11-9-12-18-33)27-45-37-21-15-7-8-16-22-38(37)46-28-32-24-30(2)26-36(40(32)44)42(5,6)34-19-13-10-14-20-34/h9-14,17-20,23-26,37-38,43-44H,7-8,15-16,21-22,27-28H2,1-6H3/t37-,38-/m0/s1. The predicted octanol–water partition coefficient (Wildman–Crippen LogP) is 11.6. The molecule has 1 aliphatic carbocycles. The van der Waals surface area contributed by atoms with Crippen molar-refractivity contribution in [2.75, 3.05) is 0 Å². The molecular formula is C42H52O2S2. The van der Waals surface area contributed by atoms with Crippen LogP contribution in [-0.4, -0.2) is 20.7 Å². The molecule has 2 nitrogen and oxygen atoms in total. The molecule has 244 valence electrons. The van der Waals surface area contributed by atoms with Crippen LogP contribution in [0.2, 0.25) is 0 Å². The molecule has 1 saturated carbocycles. The average molecular weight is 653 g/mol. The van der Waals surface area contributed by atoms with Gasteiger partial charge in [0, 0.05) is 55.1 Å². The molecule has 0 bridgehead atoms. The maximum Gasteiger partial charge on any atom is 0.123 e. The Hall–Kier alpha value is -2.82. The molecule has 4 heteroatoms. The highest BCUT2D eigenvalue weighted by Crippen LogP contribution is 2.44. The van der Waals surface area contributed by atoms with Crippen molar-refractivity contribution in [1.82, 2.24) is 0 Å². The first-order chi connectivity index (χ1) is 22.0. The molecule has 46 heavy (non-hydrogen) atoms. The maximum absolute atomic E-state index is 11.6. The van der Waals surface area contributed by atoms with E-state index in [0.29, 0.717) is 22.0 Å². The van der Waals surface area contributed by atoms with Gasteiger partial charge in [-0.05, 0) is 37.8 Å². The monoisotopic (exact) mass is 652 g/mol. The summed E-state index contributed by atoms with van der Waals surface area (Å²) < 4.78 is 0. The SMILES string of the molecule is Cc1cc(CS[C@H]2CCCCCC[C@@H]2SCc2cc(C)cc(C(C)(C)c3ccccc3)c2O)c(O)c(C(C)(C)c2ccccc2)c1. The van der Waals surface area contributed by atoms with Crippen LogP contribution in [0, 0.1) is 13.8 Å². The van der Waals surface area contributed by atoms with E-state index in [2.05, 4.69) is 114 Å². The Morgan fingerprint density at radius 3 is 1.30 bits per heavy atom. The lowest BCUT2D eigenvalue weighted by Gasteiger charge is -2.31. The predicted molar refractivity (Wildman–Crippen MR) is 201 cm³/mol. The second-order valence-electron chi connectivity index (χ2n) is 14.3. The molecule has 2 N–H and O–H groups in total. The van der Waals surface area contributed by atoms with E-state index in [-0.39, 0.29) is 10.8 Å². The maximum atomic E-state index is 11.6. The van der Waals surface area contributed by atoms with Crippen LogP contribution in [0.15, 0.2) is 84.9 Å². The van der Waals surface area contributed by atoms with Crippen molar-refractivity contribution in [3.8, 4) is 11.5 Å². The number of rotatable bonds is 10. The molecule has 0 unspecified atom stereocenters. The summed E-state index contributed by atoms with van der Waals surface area (Å²) in [6, 6.07) is 29.7. The summed E-state index contributed by atoms with van der Waals surface area (Å²) >= 11 is 4.05. The summed E-state index contributed by atoms with van der Waals surface area (Å²) in [6.45, 7) is 13.1. The molecular weight excluding hydrogens is 601 g/mol. The van der Waals surface area contributed by atoms with E-state index in [4.69, 9.17) is 0 Å². The zero-order valence-electron chi connectivity index (χ0n) is 28.6. The Morgan fingerprint density at radius 2 is 0.935 bits per heavy atom. The largest absolute Gasteiger partial charge is 0.507 e. The minimum absolute atomic E-state index is 0.293. The summed E-state index contributed by atoms with van der Waals surface area (Å²) in [7, 11) is 0. The fourth-order valence-corrected chi connectivity index (χ4v) is 10.2. The molecule has 5 rings (SSSR count). The van der Waals surface area contributed by atoms with Crippen molar-refractivity contribution in [3.05, 3.63) is 129 Å². The smallest absolute Gasteiger partial charge is 0.123 e. The summed E-state index contributed by atoms with van der Waals surface area (Å²) in [5, 5.41) is 24.3. The van der Waals surface area contributed by atoms with Crippen molar-refractivity contribution >= 4 is 23.5 Å². The van der Waals surface area contributed by atoms with Gasteiger partial charge in [-0.25, -0.2) is 0 Å². The number of hydrogen-bond acceptors (Lipinski definition) is 4. The van der Waals surface area contributed by atoms with Gasteiger partial charge in [-0.3, -0.25) is 0 Å². The van der Waals surface area contributed by atoms with Crippen LogP contribution in [0.4, 0.5) is 0 Å². The highest BCUT2D eigenvalue weighted by Gasteiger charge is 2.31. The molecule has 2 atom stereocenters. The molecule has 0 saturated heterocycles. The molecule has 0 aliphatic heterocycles. The van der Waals surface area contributed by atoms with Crippen LogP contribution in [0.3, 0.4) is 0 Å². The summed E-state index contributed by atoms with van der Waals surface area (Å²) in [5.74, 6) is 2.50. The molecule has 4 aromatic carbocycles. The average Bonchev–Trinajstić information content (AvgIpc) is 3.03. The Bertz CT molecular complexity index is 1470. The Morgan fingerprint density at radius 1 is 0.565 bits per heavy atom. The number of benzene rings is 4. The Balaban J connectivity index is 1.35. The van der Waals surface area contributed by atoms with E-state index >= 15 is 0 Å². The van der Waals surface area contributed by atoms with E-state index < -0.39 is 0 Å². The van der Waals surface area contributed by atoms with Crippen LogP contribution in [0.25, 0.3) is 0 Å². The second kappa shape index (κ2) is 14.9. The topological polar surface area (TPSA) is 40.5 Å². The van der Waals surface area contributed by atoms with E-state index in [0.717, 1.165) is 33.8 Å². The van der Waals surface area contributed by atoms with Gasteiger partial charge in [0.2, 0.25) is 0 Å². The van der Waals surface area contributed by atoms with Gasteiger partial charge < -0.3 is 10.2 Å². The lowest BCUT2D eigenvalue weighted by molar-refractivity contribution is 0.447. The molecule has 0 aromatic heterocycles. The quantitative estimate of drug-likeness (QED) is 0.179. The summed E-state index contributed by atoms with van der Waals surface area (Å²) in [4.78, 5) is 0. The summed E-state index contributed by atoms with van der Waals surface area (Å²) in [6.07, 6.45) is 7.51. The van der Waals surface area contributed by atoms with Crippen molar-refractivity contribution in [2.45, 2.75) is 113 Å². The third kappa shape index (κ3) is 7.82. The normalized spacial score (nSPS) is 17.8. The van der Waals surface area contributed by atoms with Gasteiger partial charge in [0.15, 0.2) is 0 Å². The number of hydrogen-bond donors (Lipinski definition) is 2. The minimum Gasteiger partial charge on any atom is -0.507 e. The van der Waals surface area contributed by atoms with Crippen LogP contribution >= 0.6 is 23.5 Å². The number of aryl methyl sites for hydroxylation is 2. The summed E-state index contributed by atoms with van der Waals surface area (Å²) in [5.41, 5.74) is 8.31. The first-order valence-corrected chi connectivity index (χ1v) is 19.1. The van der Waals surface area contributed by atoms with Gasteiger partial charge in [0.25, 0.3) is 0 Å². The van der Waals surface area contributed by atoms with Crippen molar-refractivity contribution in [2.24, 2.45) is 0 Å². The van der Waals surface area contributed by atoms with Gasteiger partial charge >= 0.3 is 0 Å². The number of thioether (sulfide) groups is 2. The van der Waals surface area contributed by atoms with Gasteiger partial charge in [-0.2, -0.15) is 23.5 Å². The zero-order valence-corrected chi connectivity index (χ0v) is 30.2.